The van der Waals surface area contributed by atoms with Crippen molar-refractivity contribution >= 4 is 11.9 Å². The lowest BCUT2D eigenvalue weighted by Crippen LogP contribution is -2.28. The first-order valence-electron chi connectivity index (χ1n) is 33.4. The van der Waals surface area contributed by atoms with E-state index in [4.69, 9.17) is 9.47 Å². The predicted molar refractivity (Wildman–Crippen MR) is 321 cm³/mol. The number of ether oxygens (including phenoxy) is 2. The summed E-state index contributed by atoms with van der Waals surface area (Å²) in [7, 11) is 0. The number of aliphatic hydroxyl groups is 1. The lowest BCUT2D eigenvalue weighted by atomic mass is 10.0. The molecule has 1 unspecified atom stereocenters. The van der Waals surface area contributed by atoms with E-state index >= 15 is 0 Å². The quantitative estimate of drug-likeness (QED) is 0.0373. The molecule has 0 aromatic heterocycles. The number of esters is 2. The molecule has 0 aliphatic heterocycles. The Balaban J connectivity index is 3.34. The van der Waals surface area contributed by atoms with Gasteiger partial charge in [0.1, 0.15) is 6.61 Å². The number of unbranched alkanes of at least 4 members (excludes halogenated alkanes) is 51. The van der Waals surface area contributed by atoms with Gasteiger partial charge in [-0.05, 0) is 44.9 Å². The van der Waals surface area contributed by atoms with Crippen molar-refractivity contribution in [3.63, 3.8) is 0 Å². The van der Waals surface area contributed by atoms with Gasteiger partial charge in [0.2, 0.25) is 0 Å². The second-order valence-corrected chi connectivity index (χ2v) is 22.9. The molecule has 0 amide bonds. The molecule has 1 N–H and O–H groups in total. The summed E-state index contributed by atoms with van der Waals surface area (Å²) in [6.07, 6.45) is 83.7. The van der Waals surface area contributed by atoms with Crippen LogP contribution in [-0.4, -0.2) is 36.4 Å². The van der Waals surface area contributed by atoms with Crippen molar-refractivity contribution in [3.05, 3.63) is 24.3 Å². The second kappa shape index (κ2) is 64.7. The zero-order valence-corrected chi connectivity index (χ0v) is 49.7. The topological polar surface area (TPSA) is 72.8 Å². The highest BCUT2D eigenvalue weighted by Crippen LogP contribution is 2.19. The van der Waals surface area contributed by atoms with E-state index in [2.05, 4.69) is 38.2 Å². The zero-order valence-electron chi connectivity index (χ0n) is 49.7. The molecule has 432 valence electrons. The van der Waals surface area contributed by atoms with Crippen LogP contribution in [0.25, 0.3) is 0 Å². The number of hydrogen-bond acceptors (Lipinski definition) is 5. The van der Waals surface area contributed by atoms with Crippen LogP contribution in [-0.2, 0) is 19.1 Å². The van der Waals surface area contributed by atoms with Gasteiger partial charge in [-0.1, -0.05) is 346 Å². The molecule has 0 rings (SSSR count). The molecule has 0 aromatic carbocycles. The summed E-state index contributed by atoms with van der Waals surface area (Å²) in [5, 5.41) is 9.66. The molecule has 0 saturated carbocycles. The second-order valence-electron chi connectivity index (χ2n) is 22.9. The highest BCUT2D eigenvalue weighted by Gasteiger charge is 2.16. The Hall–Kier alpha value is -1.62. The molecule has 0 aromatic rings. The molecule has 0 heterocycles. The van der Waals surface area contributed by atoms with Crippen molar-refractivity contribution in [2.24, 2.45) is 0 Å². The minimum Gasteiger partial charge on any atom is -0.462 e. The number of carbonyl (C=O) groups is 2. The number of carbonyl (C=O) groups excluding carboxylic acids is 2. The van der Waals surface area contributed by atoms with Gasteiger partial charge in [-0.2, -0.15) is 0 Å². The zero-order chi connectivity index (χ0) is 52.7. The standard InChI is InChI=1S/C68H130O5/c1-3-5-7-9-11-13-15-17-19-21-23-24-25-26-27-28-29-30-31-32-33-34-35-36-37-38-39-40-41-42-43-44-45-47-48-50-52-54-56-58-60-62-67(70)72-65-66(64-69)73-68(71)63-61-59-57-55-53-51-49-46-22-20-18-16-14-12-10-8-6-4-2/h14,16,20,22,66,69H,3-13,15,17-19,21,23-65H2,1-2H3/b16-14-,22-20-. The number of aliphatic hydroxyl groups excluding tert-OH is 1. The summed E-state index contributed by atoms with van der Waals surface area (Å²) in [6, 6.07) is 0. The van der Waals surface area contributed by atoms with E-state index in [0.717, 1.165) is 44.9 Å². The summed E-state index contributed by atoms with van der Waals surface area (Å²) in [4.78, 5) is 24.5. The fourth-order valence-corrected chi connectivity index (χ4v) is 10.5. The average molecular weight is 1030 g/mol. The van der Waals surface area contributed by atoms with Crippen LogP contribution in [0.15, 0.2) is 24.3 Å². The lowest BCUT2D eigenvalue weighted by Gasteiger charge is -2.15. The summed E-state index contributed by atoms with van der Waals surface area (Å²) in [5.41, 5.74) is 0. The molecular weight excluding hydrogens is 897 g/mol. The van der Waals surface area contributed by atoms with Gasteiger partial charge in [0.15, 0.2) is 6.10 Å². The van der Waals surface area contributed by atoms with Gasteiger partial charge < -0.3 is 14.6 Å². The fraction of sp³-hybridized carbons (Fsp3) is 0.912. The van der Waals surface area contributed by atoms with Crippen LogP contribution in [0.4, 0.5) is 0 Å². The maximum absolute atomic E-state index is 12.3. The van der Waals surface area contributed by atoms with Crippen molar-refractivity contribution in [2.75, 3.05) is 13.2 Å². The third kappa shape index (κ3) is 62.8. The molecule has 0 bridgehead atoms. The van der Waals surface area contributed by atoms with Crippen molar-refractivity contribution in [1.82, 2.24) is 0 Å². The molecule has 0 aliphatic rings. The van der Waals surface area contributed by atoms with Gasteiger partial charge >= 0.3 is 11.9 Å². The van der Waals surface area contributed by atoms with Crippen molar-refractivity contribution < 1.29 is 24.2 Å². The summed E-state index contributed by atoms with van der Waals surface area (Å²) in [6.45, 7) is 4.17. The number of rotatable bonds is 63. The highest BCUT2D eigenvalue weighted by molar-refractivity contribution is 5.70. The smallest absolute Gasteiger partial charge is 0.306 e. The van der Waals surface area contributed by atoms with E-state index in [1.807, 2.05) is 0 Å². The average Bonchev–Trinajstić information content (AvgIpc) is 3.39. The predicted octanol–water partition coefficient (Wildman–Crippen LogP) is 22.8. The third-order valence-corrected chi connectivity index (χ3v) is 15.5. The molecular formula is C68H130O5. The first-order chi connectivity index (χ1) is 36.1. The largest absolute Gasteiger partial charge is 0.462 e. The van der Waals surface area contributed by atoms with E-state index in [-0.39, 0.29) is 25.2 Å². The van der Waals surface area contributed by atoms with Crippen LogP contribution in [0.1, 0.15) is 380 Å². The van der Waals surface area contributed by atoms with Crippen LogP contribution in [0.2, 0.25) is 0 Å². The Morgan fingerprint density at radius 2 is 0.548 bits per heavy atom. The third-order valence-electron chi connectivity index (χ3n) is 15.5. The van der Waals surface area contributed by atoms with Crippen molar-refractivity contribution in [1.29, 1.82) is 0 Å². The van der Waals surface area contributed by atoms with E-state index in [0.29, 0.717) is 12.8 Å². The van der Waals surface area contributed by atoms with Gasteiger partial charge in [0, 0.05) is 12.8 Å². The minimum atomic E-state index is -0.774. The van der Waals surface area contributed by atoms with Gasteiger partial charge in [-0.3, -0.25) is 9.59 Å². The van der Waals surface area contributed by atoms with Crippen molar-refractivity contribution in [3.8, 4) is 0 Å². The Morgan fingerprint density at radius 1 is 0.315 bits per heavy atom. The lowest BCUT2D eigenvalue weighted by molar-refractivity contribution is -0.161. The fourth-order valence-electron chi connectivity index (χ4n) is 10.5. The molecule has 0 fully saturated rings. The van der Waals surface area contributed by atoms with E-state index < -0.39 is 6.10 Å². The van der Waals surface area contributed by atoms with E-state index in [1.54, 1.807) is 0 Å². The van der Waals surface area contributed by atoms with Crippen LogP contribution in [0, 0.1) is 0 Å². The number of hydrogen-bond donors (Lipinski definition) is 1. The van der Waals surface area contributed by atoms with Gasteiger partial charge in [0.05, 0.1) is 6.61 Å². The molecule has 5 heteroatoms. The normalized spacial score (nSPS) is 12.2. The summed E-state index contributed by atoms with van der Waals surface area (Å²) in [5.74, 6) is -0.580. The van der Waals surface area contributed by atoms with Crippen LogP contribution in [0.5, 0.6) is 0 Å². The van der Waals surface area contributed by atoms with Crippen LogP contribution < -0.4 is 0 Å². The SMILES string of the molecule is CCCCCC/C=C\C/C=C\CCCCCCCCCC(=O)OC(CO)COC(=O)CCCCCCCCCCCCCCCCCCCCCCCCCCCCCCCCCCCCCCCCCCC. The maximum Gasteiger partial charge on any atom is 0.306 e. The molecule has 73 heavy (non-hydrogen) atoms. The molecule has 0 aliphatic carbocycles. The molecule has 0 radical (unpaired) electrons. The first-order valence-corrected chi connectivity index (χ1v) is 33.4. The molecule has 1 atom stereocenters. The molecule has 0 spiro atoms. The first kappa shape index (κ1) is 71.4. The Morgan fingerprint density at radius 3 is 0.822 bits per heavy atom. The monoisotopic (exact) mass is 1030 g/mol. The van der Waals surface area contributed by atoms with E-state index in [9.17, 15) is 14.7 Å². The maximum atomic E-state index is 12.3. The Labute approximate surface area is 457 Å². The van der Waals surface area contributed by atoms with Gasteiger partial charge in [-0.25, -0.2) is 0 Å². The van der Waals surface area contributed by atoms with E-state index in [1.165, 1.54) is 308 Å². The number of allylic oxidation sites excluding steroid dienone is 4. The highest BCUT2D eigenvalue weighted by atomic mass is 16.6. The Kier molecular flexibility index (Phi) is 63.2. The summed E-state index contributed by atoms with van der Waals surface area (Å²) < 4.78 is 10.7. The Bertz CT molecular complexity index is 1120. The summed E-state index contributed by atoms with van der Waals surface area (Å²) >= 11 is 0. The van der Waals surface area contributed by atoms with Crippen molar-refractivity contribution in [2.45, 2.75) is 386 Å². The molecule has 5 nitrogen and oxygen atoms in total. The van der Waals surface area contributed by atoms with Gasteiger partial charge in [-0.15, -0.1) is 0 Å². The van der Waals surface area contributed by atoms with Crippen LogP contribution >= 0.6 is 0 Å². The van der Waals surface area contributed by atoms with Crippen LogP contribution in [0.3, 0.4) is 0 Å². The molecule has 0 saturated heterocycles. The van der Waals surface area contributed by atoms with Gasteiger partial charge in [0.25, 0.3) is 0 Å². The minimum absolute atomic E-state index is 0.0636.